The van der Waals surface area contributed by atoms with Gasteiger partial charge in [-0.2, -0.15) is 0 Å². The number of carbonyl (C=O) groups is 1. The lowest BCUT2D eigenvalue weighted by Crippen LogP contribution is -2.18. The van der Waals surface area contributed by atoms with Crippen LogP contribution >= 0.6 is 0 Å². The minimum Gasteiger partial charge on any atom is -0.300 e. The Balaban J connectivity index is 1.49. The molecule has 0 N–H and O–H groups in total. The largest absolute Gasteiger partial charge is 0.300 e. The van der Waals surface area contributed by atoms with Gasteiger partial charge in [0.05, 0.1) is 0 Å². The van der Waals surface area contributed by atoms with Crippen molar-refractivity contribution in [1.29, 1.82) is 0 Å². The molecule has 0 radical (unpaired) electrons. The van der Waals surface area contributed by atoms with E-state index in [2.05, 4.69) is 6.92 Å². The number of ketones is 1. The van der Waals surface area contributed by atoms with Gasteiger partial charge in [0.1, 0.15) is 5.78 Å². The highest BCUT2D eigenvalue weighted by atomic mass is 16.1. The summed E-state index contributed by atoms with van der Waals surface area (Å²) in [5.41, 5.74) is 0. The van der Waals surface area contributed by atoms with E-state index in [0.717, 1.165) is 30.6 Å². The molecule has 0 aromatic rings. The third-order valence-corrected chi connectivity index (χ3v) is 6.33. The number of rotatable bonds is 9. The molecular formula is C21H38O. The fourth-order valence-electron chi connectivity index (χ4n) is 4.61. The Kier molecular flexibility index (Phi) is 8.55. The van der Waals surface area contributed by atoms with Crippen molar-refractivity contribution in [1.82, 2.24) is 0 Å². The highest BCUT2D eigenvalue weighted by Crippen LogP contribution is 2.36. The number of carbonyl (C=O) groups excluding carboxylic acids is 1. The van der Waals surface area contributed by atoms with Crippen molar-refractivity contribution in [3.05, 3.63) is 0 Å². The summed E-state index contributed by atoms with van der Waals surface area (Å²) in [6.45, 7) is 2.30. The van der Waals surface area contributed by atoms with Crippen LogP contribution in [0, 0.1) is 17.8 Å². The van der Waals surface area contributed by atoms with E-state index >= 15 is 0 Å². The summed E-state index contributed by atoms with van der Waals surface area (Å²) >= 11 is 0. The number of unbranched alkanes of at least 4 members (excludes halogenated alkanes) is 4. The minimum atomic E-state index is 0.510. The average molecular weight is 307 g/mol. The molecule has 0 aromatic carbocycles. The van der Waals surface area contributed by atoms with E-state index in [1.54, 1.807) is 0 Å². The van der Waals surface area contributed by atoms with Crippen LogP contribution in [-0.2, 0) is 4.79 Å². The molecule has 2 aliphatic rings. The zero-order valence-corrected chi connectivity index (χ0v) is 15.0. The number of hydrogen-bond donors (Lipinski definition) is 0. The molecule has 0 atom stereocenters. The second-order valence-corrected chi connectivity index (χ2v) is 8.15. The van der Waals surface area contributed by atoms with Crippen LogP contribution in [0.2, 0.25) is 0 Å². The van der Waals surface area contributed by atoms with Gasteiger partial charge in [-0.3, -0.25) is 4.79 Å². The average Bonchev–Trinajstić information content (AvgIpc) is 2.55. The van der Waals surface area contributed by atoms with E-state index in [1.807, 2.05) is 0 Å². The van der Waals surface area contributed by atoms with Crippen molar-refractivity contribution < 1.29 is 4.79 Å². The topological polar surface area (TPSA) is 17.1 Å². The Morgan fingerprint density at radius 2 is 1.18 bits per heavy atom. The summed E-state index contributed by atoms with van der Waals surface area (Å²) in [7, 11) is 0. The van der Waals surface area contributed by atoms with Gasteiger partial charge in [0, 0.05) is 12.8 Å². The Morgan fingerprint density at radius 1 is 0.682 bits per heavy atom. The van der Waals surface area contributed by atoms with Crippen molar-refractivity contribution >= 4 is 5.78 Å². The maximum Gasteiger partial charge on any atom is 0.132 e. The van der Waals surface area contributed by atoms with Crippen molar-refractivity contribution in [2.45, 2.75) is 110 Å². The van der Waals surface area contributed by atoms with Gasteiger partial charge in [0.15, 0.2) is 0 Å². The first-order chi connectivity index (χ1) is 10.8. The van der Waals surface area contributed by atoms with Crippen LogP contribution in [0.1, 0.15) is 110 Å². The van der Waals surface area contributed by atoms with E-state index in [1.165, 1.54) is 89.9 Å². The molecule has 0 heterocycles. The van der Waals surface area contributed by atoms with Gasteiger partial charge in [-0.25, -0.2) is 0 Å². The van der Waals surface area contributed by atoms with Gasteiger partial charge in [-0.05, 0) is 30.6 Å². The predicted molar refractivity (Wildman–Crippen MR) is 95.0 cm³/mol. The first-order valence-electron chi connectivity index (χ1n) is 10.3. The summed E-state index contributed by atoms with van der Waals surface area (Å²) < 4.78 is 0. The van der Waals surface area contributed by atoms with Crippen molar-refractivity contribution in [3.8, 4) is 0 Å². The summed E-state index contributed by atoms with van der Waals surface area (Å²) in [4.78, 5) is 11.3. The van der Waals surface area contributed by atoms with Crippen LogP contribution in [0.5, 0.6) is 0 Å². The lowest BCUT2D eigenvalue weighted by atomic mass is 9.76. The van der Waals surface area contributed by atoms with Crippen LogP contribution in [0.3, 0.4) is 0 Å². The van der Waals surface area contributed by atoms with Gasteiger partial charge in [-0.15, -0.1) is 0 Å². The lowest BCUT2D eigenvalue weighted by Gasteiger charge is -2.30. The number of hydrogen-bond acceptors (Lipinski definition) is 1. The molecule has 1 nitrogen and oxygen atoms in total. The molecule has 0 bridgehead atoms. The number of Topliss-reactive ketones (excluding diaryl/α,β-unsaturated/α-hetero) is 1. The maximum atomic E-state index is 11.3. The molecule has 0 aliphatic heterocycles. The summed E-state index contributed by atoms with van der Waals surface area (Å²) in [5, 5.41) is 0. The molecule has 2 rings (SSSR count). The second-order valence-electron chi connectivity index (χ2n) is 8.15. The molecule has 0 amide bonds. The Morgan fingerprint density at radius 3 is 1.77 bits per heavy atom. The van der Waals surface area contributed by atoms with E-state index < -0.39 is 0 Å². The Labute approximate surface area is 138 Å². The van der Waals surface area contributed by atoms with E-state index in [9.17, 15) is 4.79 Å². The van der Waals surface area contributed by atoms with E-state index in [-0.39, 0.29) is 0 Å². The van der Waals surface area contributed by atoms with Gasteiger partial charge < -0.3 is 0 Å². The Bertz CT molecular complexity index is 291. The van der Waals surface area contributed by atoms with Crippen LogP contribution < -0.4 is 0 Å². The lowest BCUT2D eigenvalue weighted by molar-refractivity contribution is -0.121. The summed E-state index contributed by atoms with van der Waals surface area (Å²) in [6, 6.07) is 0. The minimum absolute atomic E-state index is 0.510. The summed E-state index contributed by atoms with van der Waals surface area (Å²) in [6.07, 6.45) is 21.6. The Hall–Kier alpha value is -0.330. The van der Waals surface area contributed by atoms with Crippen LogP contribution in [0.15, 0.2) is 0 Å². The van der Waals surface area contributed by atoms with E-state index in [4.69, 9.17) is 0 Å². The smallest absolute Gasteiger partial charge is 0.132 e. The van der Waals surface area contributed by atoms with Gasteiger partial charge >= 0.3 is 0 Å². The van der Waals surface area contributed by atoms with Crippen molar-refractivity contribution in [2.75, 3.05) is 0 Å². The van der Waals surface area contributed by atoms with E-state index in [0.29, 0.717) is 5.78 Å². The van der Waals surface area contributed by atoms with Gasteiger partial charge in [0.25, 0.3) is 0 Å². The monoisotopic (exact) mass is 306 g/mol. The second kappa shape index (κ2) is 10.4. The molecule has 0 spiro atoms. The molecule has 128 valence electrons. The van der Waals surface area contributed by atoms with Gasteiger partial charge in [0.2, 0.25) is 0 Å². The molecule has 2 saturated carbocycles. The van der Waals surface area contributed by atoms with Crippen molar-refractivity contribution in [2.24, 2.45) is 17.8 Å². The quantitative estimate of drug-likeness (QED) is 0.433. The SMILES string of the molecule is CCCCCCCC1CCC(CCC2CCC(=O)CC2)CC1. The van der Waals surface area contributed by atoms with Gasteiger partial charge in [-0.1, -0.05) is 84.0 Å². The standard InChI is InChI=1S/C21H38O/c1-2-3-4-5-6-7-18-8-10-19(11-9-18)12-13-20-14-16-21(22)17-15-20/h18-20H,2-17H2,1H3. The highest BCUT2D eigenvalue weighted by molar-refractivity contribution is 5.78. The highest BCUT2D eigenvalue weighted by Gasteiger charge is 2.23. The normalized spacial score (nSPS) is 27.2. The fraction of sp³-hybridized carbons (Fsp3) is 0.952. The predicted octanol–water partition coefficient (Wildman–Crippen LogP) is 6.69. The van der Waals surface area contributed by atoms with Crippen LogP contribution in [-0.4, -0.2) is 5.78 Å². The molecule has 2 fully saturated rings. The molecule has 1 heteroatoms. The molecular weight excluding hydrogens is 268 g/mol. The summed E-state index contributed by atoms with van der Waals surface area (Å²) in [5.74, 6) is 3.43. The molecule has 2 aliphatic carbocycles. The fourth-order valence-corrected chi connectivity index (χ4v) is 4.61. The zero-order valence-electron chi connectivity index (χ0n) is 15.0. The third kappa shape index (κ3) is 6.84. The molecule has 0 unspecified atom stereocenters. The molecule has 0 aromatic heterocycles. The maximum absolute atomic E-state index is 11.3. The first kappa shape index (κ1) is 18.0. The van der Waals surface area contributed by atoms with Crippen LogP contribution in [0.4, 0.5) is 0 Å². The zero-order chi connectivity index (χ0) is 15.6. The van der Waals surface area contributed by atoms with Crippen molar-refractivity contribution in [3.63, 3.8) is 0 Å². The first-order valence-corrected chi connectivity index (χ1v) is 10.3. The molecule has 22 heavy (non-hydrogen) atoms. The molecule has 0 saturated heterocycles. The van der Waals surface area contributed by atoms with Crippen LogP contribution in [0.25, 0.3) is 0 Å². The third-order valence-electron chi connectivity index (χ3n) is 6.33.